The van der Waals surface area contributed by atoms with Crippen molar-refractivity contribution in [2.75, 3.05) is 13.1 Å². The molecule has 0 aliphatic rings. The van der Waals surface area contributed by atoms with Crippen LogP contribution >= 0.6 is 0 Å². The number of carbonyl (C=O) groups excluding carboxylic acids is 2. The van der Waals surface area contributed by atoms with Gasteiger partial charge < -0.3 is 15.2 Å². The molecular weight excluding hydrogens is 352 g/mol. The molecule has 2 aromatic carbocycles. The smallest absolute Gasteiger partial charge is 0.251 e. The van der Waals surface area contributed by atoms with Gasteiger partial charge in [0.1, 0.15) is 12.4 Å². The van der Waals surface area contributed by atoms with Crippen LogP contribution in [0.1, 0.15) is 35.1 Å². The lowest BCUT2D eigenvalue weighted by Crippen LogP contribution is -2.30. The van der Waals surface area contributed by atoms with Gasteiger partial charge in [-0.25, -0.2) is 4.98 Å². The fourth-order valence-corrected chi connectivity index (χ4v) is 3.17. The van der Waals surface area contributed by atoms with Gasteiger partial charge in [0, 0.05) is 25.1 Å². The van der Waals surface area contributed by atoms with Crippen LogP contribution in [-0.4, -0.2) is 34.5 Å². The quantitative estimate of drug-likeness (QED) is 0.633. The Morgan fingerprint density at radius 1 is 1.00 bits per heavy atom. The summed E-state index contributed by atoms with van der Waals surface area (Å²) in [6, 6.07) is 15.3. The second-order valence-electron chi connectivity index (χ2n) is 6.77. The number of hydrogen-bond donors (Lipinski definition) is 2. The average Bonchev–Trinajstić information content (AvgIpc) is 3.04. The average molecular weight is 378 g/mol. The second-order valence-corrected chi connectivity index (χ2v) is 6.77. The van der Waals surface area contributed by atoms with Crippen molar-refractivity contribution < 1.29 is 9.59 Å². The number of imidazole rings is 1. The van der Waals surface area contributed by atoms with Gasteiger partial charge in [-0.2, -0.15) is 0 Å². The highest BCUT2D eigenvalue weighted by Gasteiger charge is 2.14. The van der Waals surface area contributed by atoms with Gasteiger partial charge in [0.2, 0.25) is 5.91 Å². The third kappa shape index (κ3) is 4.57. The predicted octanol–water partition coefficient (Wildman–Crippen LogP) is 2.84. The van der Waals surface area contributed by atoms with Crippen LogP contribution in [0.4, 0.5) is 0 Å². The molecule has 0 atom stereocenters. The van der Waals surface area contributed by atoms with Crippen molar-refractivity contribution in [2.24, 2.45) is 0 Å². The number of fused-ring (bicyclic) bond motifs is 1. The highest BCUT2D eigenvalue weighted by atomic mass is 16.2. The molecule has 2 amide bonds. The molecule has 146 valence electrons. The molecule has 1 aromatic heterocycles. The Labute approximate surface area is 165 Å². The van der Waals surface area contributed by atoms with E-state index < -0.39 is 0 Å². The molecule has 3 rings (SSSR count). The van der Waals surface area contributed by atoms with Gasteiger partial charge in [0.25, 0.3) is 5.91 Å². The van der Waals surface area contributed by atoms with Gasteiger partial charge in [0.05, 0.1) is 11.0 Å². The molecule has 0 unspecified atom stereocenters. The van der Waals surface area contributed by atoms with E-state index in [0.29, 0.717) is 25.1 Å². The number of aromatic nitrogens is 2. The molecule has 3 aromatic rings. The summed E-state index contributed by atoms with van der Waals surface area (Å²) >= 11 is 0. The number of nitrogens with one attached hydrogen (secondary N) is 2. The summed E-state index contributed by atoms with van der Waals surface area (Å²) in [7, 11) is 0. The summed E-state index contributed by atoms with van der Waals surface area (Å²) in [5.74, 6) is 0.662. The van der Waals surface area contributed by atoms with Crippen LogP contribution in [0.25, 0.3) is 11.0 Å². The fourth-order valence-electron chi connectivity index (χ4n) is 3.17. The molecule has 0 aliphatic heterocycles. The Hall–Kier alpha value is -3.15. The molecule has 0 aliphatic carbocycles. The molecule has 0 bridgehead atoms. The first-order valence-electron chi connectivity index (χ1n) is 9.64. The zero-order valence-electron chi connectivity index (χ0n) is 16.4. The van der Waals surface area contributed by atoms with Crippen LogP contribution in [0.3, 0.4) is 0 Å². The van der Waals surface area contributed by atoms with Crippen LogP contribution in [0.15, 0.2) is 48.5 Å². The van der Waals surface area contributed by atoms with Crippen LogP contribution in [-0.2, 0) is 17.8 Å². The van der Waals surface area contributed by atoms with Crippen molar-refractivity contribution in [2.45, 2.75) is 33.2 Å². The maximum Gasteiger partial charge on any atom is 0.251 e. The standard InChI is InChI=1S/C22H26N4O2/c1-3-13-23-21(27)15-26-19-11-7-6-10-18(19)25-20(26)12-14-24-22(28)17-9-5-4-8-16(17)2/h4-11H,3,12-15H2,1-2H3,(H,23,27)(H,24,28). The van der Waals surface area contributed by atoms with Crippen molar-refractivity contribution in [1.82, 2.24) is 20.2 Å². The van der Waals surface area contributed by atoms with E-state index in [1.54, 1.807) is 0 Å². The first kappa shape index (κ1) is 19.6. The van der Waals surface area contributed by atoms with Crippen molar-refractivity contribution in [3.63, 3.8) is 0 Å². The first-order chi connectivity index (χ1) is 13.6. The Balaban J connectivity index is 1.71. The third-order valence-electron chi connectivity index (χ3n) is 4.63. The molecule has 1 heterocycles. The van der Waals surface area contributed by atoms with E-state index in [1.807, 2.05) is 66.9 Å². The van der Waals surface area contributed by atoms with Crippen molar-refractivity contribution in [3.05, 3.63) is 65.5 Å². The summed E-state index contributed by atoms with van der Waals surface area (Å²) in [4.78, 5) is 29.3. The maximum absolute atomic E-state index is 12.4. The number of hydrogen-bond acceptors (Lipinski definition) is 3. The molecular formula is C22H26N4O2. The molecule has 0 radical (unpaired) electrons. The molecule has 28 heavy (non-hydrogen) atoms. The van der Waals surface area contributed by atoms with Crippen molar-refractivity contribution >= 4 is 22.8 Å². The second kappa shape index (κ2) is 9.17. The zero-order chi connectivity index (χ0) is 19.9. The minimum absolute atomic E-state index is 0.0322. The van der Waals surface area contributed by atoms with E-state index in [-0.39, 0.29) is 18.4 Å². The Morgan fingerprint density at radius 2 is 1.75 bits per heavy atom. The fraction of sp³-hybridized carbons (Fsp3) is 0.318. The van der Waals surface area contributed by atoms with Gasteiger partial charge in [0.15, 0.2) is 0 Å². The van der Waals surface area contributed by atoms with Crippen LogP contribution in [0.2, 0.25) is 0 Å². The summed E-state index contributed by atoms with van der Waals surface area (Å²) in [6.45, 7) is 5.28. The highest BCUT2D eigenvalue weighted by molar-refractivity contribution is 5.95. The van der Waals surface area contributed by atoms with E-state index in [0.717, 1.165) is 28.8 Å². The van der Waals surface area contributed by atoms with E-state index >= 15 is 0 Å². The summed E-state index contributed by atoms with van der Waals surface area (Å²) < 4.78 is 1.93. The van der Waals surface area contributed by atoms with E-state index in [4.69, 9.17) is 0 Å². The largest absolute Gasteiger partial charge is 0.355 e. The minimum Gasteiger partial charge on any atom is -0.355 e. The molecule has 0 saturated heterocycles. The van der Waals surface area contributed by atoms with Crippen molar-refractivity contribution in [1.29, 1.82) is 0 Å². The van der Waals surface area contributed by atoms with E-state index in [9.17, 15) is 9.59 Å². The van der Waals surface area contributed by atoms with Crippen LogP contribution < -0.4 is 10.6 Å². The first-order valence-corrected chi connectivity index (χ1v) is 9.64. The van der Waals surface area contributed by atoms with Gasteiger partial charge in [-0.15, -0.1) is 0 Å². The number of nitrogens with zero attached hydrogens (tertiary/aromatic N) is 2. The van der Waals surface area contributed by atoms with Gasteiger partial charge in [-0.1, -0.05) is 37.3 Å². The molecule has 2 N–H and O–H groups in total. The molecule has 0 fully saturated rings. The number of rotatable bonds is 8. The Bertz CT molecular complexity index is 978. The lowest BCUT2D eigenvalue weighted by Gasteiger charge is -2.11. The Kier molecular flexibility index (Phi) is 6.42. The Morgan fingerprint density at radius 3 is 2.54 bits per heavy atom. The topological polar surface area (TPSA) is 76.0 Å². The maximum atomic E-state index is 12.4. The van der Waals surface area contributed by atoms with Crippen LogP contribution in [0.5, 0.6) is 0 Å². The highest BCUT2D eigenvalue weighted by Crippen LogP contribution is 2.16. The van der Waals surface area contributed by atoms with E-state index in [1.165, 1.54) is 0 Å². The minimum atomic E-state index is -0.0959. The number of aryl methyl sites for hydroxylation is 1. The van der Waals surface area contributed by atoms with Crippen LogP contribution in [0, 0.1) is 6.92 Å². The lowest BCUT2D eigenvalue weighted by atomic mass is 10.1. The van der Waals surface area contributed by atoms with Gasteiger partial charge >= 0.3 is 0 Å². The molecule has 6 nitrogen and oxygen atoms in total. The normalized spacial score (nSPS) is 10.8. The van der Waals surface area contributed by atoms with Gasteiger partial charge in [-0.05, 0) is 37.1 Å². The summed E-state index contributed by atoms with van der Waals surface area (Å²) in [5.41, 5.74) is 3.40. The third-order valence-corrected chi connectivity index (χ3v) is 4.63. The lowest BCUT2D eigenvalue weighted by molar-refractivity contribution is -0.121. The van der Waals surface area contributed by atoms with E-state index in [2.05, 4.69) is 15.6 Å². The number of para-hydroxylation sites is 2. The number of amides is 2. The zero-order valence-corrected chi connectivity index (χ0v) is 16.4. The summed E-state index contributed by atoms with van der Waals surface area (Å²) in [6.07, 6.45) is 1.45. The number of benzene rings is 2. The number of carbonyl (C=O) groups is 2. The molecule has 0 saturated carbocycles. The monoisotopic (exact) mass is 378 g/mol. The molecule has 6 heteroatoms. The SMILES string of the molecule is CCCNC(=O)Cn1c(CCNC(=O)c2ccccc2C)nc2ccccc21. The van der Waals surface area contributed by atoms with Crippen molar-refractivity contribution in [3.8, 4) is 0 Å². The summed E-state index contributed by atoms with van der Waals surface area (Å²) in [5, 5.41) is 5.86. The predicted molar refractivity (Wildman–Crippen MR) is 110 cm³/mol. The molecule has 0 spiro atoms. The van der Waals surface area contributed by atoms with Gasteiger partial charge in [-0.3, -0.25) is 9.59 Å².